The average molecular weight is 386 g/mol. The predicted octanol–water partition coefficient (Wildman–Crippen LogP) is 1.49. The van der Waals surface area contributed by atoms with E-state index in [1.807, 2.05) is 0 Å². The highest BCUT2D eigenvalue weighted by Crippen LogP contribution is 2.39. The summed E-state index contributed by atoms with van der Waals surface area (Å²) >= 11 is 1.03. The van der Waals surface area contributed by atoms with Gasteiger partial charge in [-0.3, -0.25) is 9.59 Å². The van der Waals surface area contributed by atoms with E-state index < -0.39 is 23.0 Å². The fourth-order valence-corrected chi connectivity index (χ4v) is 3.99. The van der Waals surface area contributed by atoms with Crippen molar-refractivity contribution in [1.82, 2.24) is 0 Å². The second kappa shape index (κ2) is 7.71. The number of anilines is 1. The zero-order chi connectivity index (χ0) is 19.6. The van der Waals surface area contributed by atoms with Crippen molar-refractivity contribution in [3.63, 3.8) is 0 Å². The molecule has 0 unspecified atom stereocenters. The van der Waals surface area contributed by atoms with Gasteiger partial charge >= 0.3 is 0 Å². The number of amides is 2. The number of carboxylic acids is 1. The normalized spacial score (nSPS) is 16.5. The van der Waals surface area contributed by atoms with Gasteiger partial charge in [0.1, 0.15) is 11.5 Å². The number of carbonyl (C=O) groups excluding carboxylic acids is 3. The largest absolute Gasteiger partial charge is 0.545 e. The molecule has 1 heterocycles. The van der Waals surface area contributed by atoms with Crippen molar-refractivity contribution in [1.29, 1.82) is 0 Å². The Bertz CT molecular complexity index is 913. The van der Waals surface area contributed by atoms with Gasteiger partial charge in [0, 0.05) is 22.9 Å². The van der Waals surface area contributed by atoms with E-state index >= 15 is 0 Å². The summed E-state index contributed by atoms with van der Waals surface area (Å²) in [6, 6.07) is 11.1. The highest BCUT2D eigenvalue weighted by molar-refractivity contribution is 8.00. The average Bonchev–Trinajstić information content (AvgIpc) is 2.94. The van der Waals surface area contributed by atoms with Crippen molar-refractivity contribution in [3.05, 3.63) is 48.0 Å². The van der Waals surface area contributed by atoms with Gasteiger partial charge in [-0.05, 0) is 18.2 Å². The molecule has 1 aliphatic heterocycles. The molecule has 27 heavy (non-hydrogen) atoms. The molecule has 0 bridgehead atoms. The van der Waals surface area contributed by atoms with Crippen LogP contribution in [0.2, 0.25) is 0 Å². The first-order chi connectivity index (χ1) is 13.0. The number of thioether (sulfide) groups is 1. The molecule has 1 saturated heterocycles. The van der Waals surface area contributed by atoms with Crippen LogP contribution in [0.25, 0.3) is 0 Å². The second-order valence-electron chi connectivity index (χ2n) is 5.70. The number of carboxylic acid groups (broad SMARTS) is 1. The van der Waals surface area contributed by atoms with E-state index in [0.717, 1.165) is 16.7 Å². The molecule has 1 fully saturated rings. The van der Waals surface area contributed by atoms with E-state index in [0.29, 0.717) is 22.1 Å². The Morgan fingerprint density at radius 1 is 1.15 bits per heavy atom. The molecule has 8 heteroatoms. The minimum Gasteiger partial charge on any atom is -0.545 e. The van der Waals surface area contributed by atoms with Gasteiger partial charge in [0.2, 0.25) is 11.8 Å². The van der Waals surface area contributed by atoms with Gasteiger partial charge in [0.25, 0.3) is 0 Å². The number of aromatic carboxylic acids is 1. The summed E-state index contributed by atoms with van der Waals surface area (Å²) in [5.74, 6) is -1.33. The van der Waals surface area contributed by atoms with Crippen LogP contribution in [-0.4, -0.2) is 37.3 Å². The van der Waals surface area contributed by atoms with E-state index in [4.69, 9.17) is 9.47 Å². The quantitative estimate of drug-likeness (QED) is 0.694. The van der Waals surface area contributed by atoms with E-state index in [2.05, 4.69) is 0 Å². The van der Waals surface area contributed by atoms with Gasteiger partial charge in [-0.25, -0.2) is 4.90 Å². The lowest BCUT2D eigenvalue weighted by molar-refractivity contribution is -0.255. The van der Waals surface area contributed by atoms with Gasteiger partial charge in [0.05, 0.1) is 31.1 Å². The molecule has 2 aromatic rings. The Balaban J connectivity index is 1.92. The smallest absolute Gasteiger partial charge is 0.247 e. The van der Waals surface area contributed by atoms with Crippen LogP contribution in [0.1, 0.15) is 16.8 Å². The molecule has 2 aromatic carbocycles. The predicted molar refractivity (Wildman–Crippen MR) is 97.1 cm³/mol. The van der Waals surface area contributed by atoms with Crippen LogP contribution in [0.5, 0.6) is 11.5 Å². The Hall–Kier alpha value is -3.00. The minimum atomic E-state index is -1.33. The molecular weight excluding hydrogens is 370 g/mol. The van der Waals surface area contributed by atoms with Crippen molar-refractivity contribution in [3.8, 4) is 11.5 Å². The molecule has 0 N–H and O–H groups in total. The molecule has 0 aromatic heterocycles. The maximum absolute atomic E-state index is 12.9. The zero-order valence-corrected chi connectivity index (χ0v) is 15.4. The van der Waals surface area contributed by atoms with Gasteiger partial charge in [-0.1, -0.05) is 18.2 Å². The number of hydrogen-bond acceptors (Lipinski definition) is 7. The van der Waals surface area contributed by atoms with Crippen molar-refractivity contribution in [2.75, 3.05) is 19.1 Å². The van der Waals surface area contributed by atoms with Gasteiger partial charge < -0.3 is 19.4 Å². The summed E-state index contributed by atoms with van der Waals surface area (Å²) in [6.07, 6.45) is -0.0504. The number of rotatable bonds is 6. The fourth-order valence-electron chi connectivity index (χ4n) is 2.81. The highest BCUT2D eigenvalue weighted by atomic mass is 32.2. The van der Waals surface area contributed by atoms with Crippen molar-refractivity contribution >= 4 is 35.2 Å². The van der Waals surface area contributed by atoms with Crippen LogP contribution in [0, 0.1) is 0 Å². The van der Waals surface area contributed by atoms with E-state index in [1.165, 1.54) is 20.3 Å². The lowest BCUT2D eigenvalue weighted by Crippen LogP contribution is -2.31. The van der Waals surface area contributed by atoms with Crippen LogP contribution in [-0.2, 0) is 9.59 Å². The van der Waals surface area contributed by atoms with Crippen molar-refractivity contribution in [2.45, 2.75) is 16.6 Å². The van der Waals surface area contributed by atoms with E-state index in [1.54, 1.807) is 36.4 Å². The standard InChI is InChI=1S/C19H17NO6S/c1-25-11-7-8-14(26-2)13(9-11)20-17(21)10-16(18(20)22)27-15-6-4-3-5-12(15)19(23)24/h3-9,16H,10H2,1-2H3,(H,23,24)/p-1/t16-/m0/s1. The second-order valence-corrected chi connectivity index (χ2v) is 6.94. The summed E-state index contributed by atoms with van der Waals surface area (Å²) in [7, 11) is 2.92. The van der Waals surface area contributed by atoms with Crippen LogP contribution in [0.15, 0.2) is 47.4 Å². The molecule has 0 saturated carbocycles. The Morgan fingerprint density at radius 2 is 1.89 bits per heavy atom. The first-order valence-electron chi connectivity index (χ1n) is 8.02. The number of benzene rings is 2. The SMILES string of the molecule is COc1ccc(OC)c(N2C(=O)C[C@H](Sc3ccccc3C(=O)[O-])C2=O)c1. The molecular formula is C19H16NO6S-. The summed E-state index contributed by atoms with van der Waals surface area (Å²) in [5.41, 5.74) is 0.281. The molecule has 7 nitrogen and oxygen atoms in total. The highest BCUT2D eigenvalue weighted by Gasteiger charge is 2.41. The lowest BCUT2D eigenvalue weighted by Gasteiger charge is -2.19. The maximum atomic E-state index is 12.9. The number of carbonyl (C=O) groups is 3. The van der Waals surface area contributed by atoms with E-state index in [-0.39, 0.29) is 12.0 Å². The molecule has 1 aliphatic rings. The first-order valence-corrected chi connectivity index (χ1v) is 8.90. The summed E-state index contributed by atoms with van der Waals surface area (Å²) in [5, 5.41) is 10.5. The third-order valence-electron chi connectivity index (χ3n) is 4.11. The number of methoxy groups -OCH3 is 2. The lowest BCUT2D eigenvalue weighted by atomic mass is 10.2. The molecule has 140 valence electrons. The van der Waals surface area contributed by atoms with Crippen LogP contribution in [0.3, 0.4) is 0 Å². The Kier molecular flexibility index (Phi) is 5.36. The fraction of sp³-hybridized carbons (Fsp3) is 0.211. The van der Waals surface area contributed by atoms with Crippen LogP contribution < -0.4 is 19.5 Å². The number of nitrogens with zero attached hydrogens (tertiary/aromatic N) is 1. The summed E-state index contributed by atoms with van der Waals surface area (Å²) < 4.78 is 10.4. The maximum Gasteiger partial charge on any atom is 0.247 e. The summed E-state index contributed by atoms with van der Waals surface area (Å²) in [4.78, 5) is 38.1. The van der Waals surface area contributed by atoms with Gasteiger partial charge in [-0.2, -0.15) is 0 Å². The Labute approximate surface area is 159 Å². The minimum absolute atomic E-state index is 0.0137. The first kappa shape index (κ1) is 18.8. The van der Waals surface area contributed by atoms with Crippen LogP contribution in [0.4, 0.5) is 5.69 Å². The monoisotopic (exact) mass is 386 g/mol. The zero-order valence-electron chi connectivity index (χ0n) is 14.6. The molecule has 0 aliphatic carbocycles. The third kappa shape index (κ3) is 3.61. The van der Waals surface area contributed by atoms with Gasteiger partial charge in [0.15, 0.2) is 0 Å². The van der Waals surface area contributed by atoms with E-state index in [9.17, 15) is 19.5 Å². The van der Waals surface area contributed by atoms with Crippen molar-refractivity contribution in [2.24, 2.45) is 0 Å². The third-order valence-corrected chi connectivity index (χ3v) is 5.37. The molecule has 2 amide bonds. The topological polar surface area (TPSA) is 96.0 Å². The molecule has 1 atom stereocenters. The molecule has 0 spiro atoms. The van der Waals surface area contributed by atoms with Crippen LogP contribution >= 0.6 is 11.8 Å². The number of hydrogen-bond donors (Lipinski definition) is 0. The summed E-state index contributed by atoms with van der Waals surface area (Å²) in [6.45, 7) is 0. The van der Waals surface area contributed by atoms with Crippen molar-refractivity contribution < 1.29 is 29.0 Å². The number of ether oxygens (including phenoxy) is 2. The Morgan fingerprint density at radius 3 is 2.56 bits per heavy atom. The van der Waals surface area contributed by atoms with Gasteiger partial charge in [-0.15, -0.1) is 11.8 Å². The number of imide groups is 1. The molecule has 0 radical (unpaired) electrons. The molecule has 3 rings (SSSR count).